The molecule has 1 N–H and O–H groups in total. The third-order valence-corrected chi connectivity index (χ3v) is 8.29. The van der Waals surface area contributed by atoms with Crippen LogP contribution in [0, 0.1) is 10.1 Å². The van der Waals surface area contributed by atoms with Gasteiger partial charge in [0.2, 0.25) is 0 Å². The van der Waals surface area contributed by atoms with E-state index in [2.05, 4.69) is 22.0 Å². The Balaban J connectivity index is 1.63. The van der Waals surface area contributed by atoms with Crippen LogP contribution in [0.1, 0.15) is 34.7 Å². The van der Waals surface area contributed by atoms with E-state index in [0.717, 1.165) is 23.3 Å². The number of rotatable bonds is 4. The molecule has 3 aromatic carbocycles. The number of nitro benzene ring substituents is 1. The van der Waals surface area contributed by atoms with Crippen LogP contribution < -0.4 is 19.6 Å². The van der Waals surface area contributed by atoms with Crippen molar-refractivity contribution in [3.63, 3.8) is 0 Å². The van der Waals surface area contributed by atoms with Gasteiger partial charge in [-0.1, -0.05) is 63.7 Å². The quantitative estimate of drug-likeness (QED) is 0.274. The molecule has 1 atom stereocenters. The van der Waals surface area contributed by atoms with Crippen molar-refractivity contribution in [2.24, 2.45) is 4.99 Å². The van der Waals surface area contributed by atoms with Crippen LogP contribution in [0.5, 0.6) is 11.5 Å². The molecule has 0 fully saturated rings. The number of phenolic OH excluding ortho intramolecular Hbond substituents is 1. The molecule has 0 spiro atoms. The second-order valence-electron chi connectivity index (χ2n) is 9.01. The largest absolute Gasteiger partial charge is 0.504 e. The number of phenols is 1. The molecule has 0 amide bonds. The smallest absolute Gasteiger partial charge is 0.271 e. The lowest BCUT2D eigenvalue weighted by Gasteiger charge is -2.30. The van der Waals surface area contributed by atoms with Crippen molar-refractivity contribution in [2.75, 3.05) is 7.11 Å². The summed E-state index contributed by atoms with van der Waals surface area (Å²) in [5.41, 5.74) is 4.70. The van der Waals surface area contributed by atoms with Crippen molar-refractivity contribution in [3.8, 4) is 11.5 Å². The third kappa shape index (κ3) is 3.97. The number of aromatic hydroxyl groups is 1. The van der Waals surface area contributed by atoms with Crippen LogP contribution >= 0.6 is 27.3 Å². The van der Waals surface area contributed by atoms with Gasteiger partial charge in [-0.15, -0.1) is 0 Å². The highest BCUT2D eigenvalue weighted by Gasteiger charge is 2.33. The van der Waals surface area contributed by atoms with Gasteiger partial charge in [0.05, 0.1) is 28.3 Å². The Labute approximate surface area is 228 Å². The lowest BCUT2D eigenvalue weighted by Crippen LogP contribution is -2.38. The van der Waals surface area contributed by atoms with Gasteiger partial charge in [-0.2, -0.15) is 0 Å². The van der Waals surface area contributed by atoms with E-state index in [-0.39, 0.29) is 22.7 Å². The molecule has 1 aliphatic heterocycles. The first-order chi connectivity index (χ1) is 18.4. The van der Waals surface area contributed by atoms with Crippen LogP contribution in [0.2, 0.25) is 0 Å². The van der Waals surface area contributed by atoms with E-state index in [4.69, 9.17) is 9.73 Å². The molecule has 6 rings (SSSR count). The van der Waals surface area contributed by atoms with Crippen LogP contribution in [0.3, 0.4) is 0 Å². The molecular weight excluding hydrogens is 570 g/mol. The number of nitro groups is 1. The summed E-state index contributed by atoms with van der Waals surface area (Å²) < 4.78 is 7.94. The summed E-state index contributed by atoms with van der Waals surface area (Å²) in [4.78, 5) is 30.5. The van der Waals surface area contributed by atoms with Gasteiger partial charge in [-0.25, -0.2) is 4.99 Å². The fraction of sp³-hybridized carbons (Fsp3) is 0.143. The molecule has 8 nitrogen and oxygen atoms in total. The number of nitrogens with zero attached hydrogens (tertiary/aromatic N) is 3. The average Bonchev–Trinajstić information content (AvgIpc) is 3.23. The molecule has 0 bridgehead atoms. The summed E-state index contributed by atoms with van der Waals surface area (Å²) in [6.45, 7) is 0. The number of hydrogen-bond acceptors (Lipinski definition) is 7. The predicted molar refractivity (Wildman–Crippen MR) is 148 cm³/mol. The van der Waals surface area contributed by atoms with Crippen LogP contribution in [0.25, 0.3) is 11.8 Å². The average molecular weight is 590 g/mol. The molecule has 2 heterocycles. The van der Waals surface area contributed by atoms with Crippen LogP contribution in [0.4, 0.5) is 5.69 Å². The van der Waals surface area contributed by atoms with Gasteiger partial charge < -0.3 is 9.84 Å². The number of benzene rings is 3. The van der Waals surface area contributed by atoms with Crippen molar-refractivity contribution in [2.45, 2.75) is 18.9 Å². The summed E-state index contributed by atoms with van der Waals surface area (Å²) in [5, 5.41) is 22.3. The number of methoxy groups -OCH3 is 1. The first kappa shape index (κ1) is 24.3. The predicted octanol–water partition coefficient (Wildman–Crippen LogP) is 4.70. The summed E-state index contributed by atoms with van der Waals surface area (Å²) >= 11 is 4.64. The molecule has 4 aromatic rings. The SMILES string of the molecule is COc1cc(Br)cc(C=c2sc3n(c2=O)C(c2cccc([N+](=O)[O-])c2)C2=C(N=3)c3ccccc3CC2)c1O. The van der Waals surface area contributed by atoms with E-state index < -0.39 is 11.0 Å². The maximum Gasteiger partial charge on any atom is 0.271 e. The van der Waals surface area contributed by atoms with E-state index in [1.807, 2.05) is 24.3 Å². The zero-order valence-corrected chi connectivity index (χ0v) is 22.5. The van der Waals surface area contributed by atoms with E-state index in [9.17, 15) is 20.0 Å². The topological polar surface area (TPSA) is 107 Å². The number of ether oxygens (including phenoxy) is 1. The summed E-state index contributed by atoms with van der Waals surface area (Å²) in [6.07, 6.45) is 3.08. The number of aromatic nitrogens is 1. The fourth-order valence-electron chi connectivity index (χ4n) is 5.13. The van der Waals surface area contributed by atoms with Crippen LogP contribution in [-0.2, 0) is 6.42 Å². The highest BCUT2D eigenvalue weighted by Crippen LogP contribution is 2.41. The molecule has 0 saturated carbocycles. The summed E-state index contributed by atoms with van der Waals surface area (Å²) in [6, 6.07) is 17.3. The highest BCUT2D eigenvalue weighted by molar-refractivity contribution is 9.10. The molecule has 38 heavy (non-hydrogen) atoms. The standard InChI is InChI=1S/C28H20BrN3O5S/c1-37-22-14-18(29)11-17(26(22)33)13-23-27(34)31-25(16-6-4-7-19(12-16)32(35)36)21-10-9-15-5-2-3-8-20(15)24(21)30-28(31)38-23/h2-8,11-14,25,33H,9-10H2,1H3. The number of allylic oxidation sites excluding steroid dienone is 1. The first-order valence-electron chi connectivity index (χ1n) is 11.8. The Morgan fingerprint density at radius 2 is 2.00 bits per heavy atom. The maximum absolute atomic E-state index is 13.9. The van der Waals surface area contributed by atoms with Gasteiger partial charge in [0, 0.05) is 27.7 Å². The van der Waals surface area contributed by atoms with Crippen LogP contribution in [0.15, 0.2) is 80.5 Å². The minimum absolute atomic E-state index is 0.0360. The second-order valence-corrected chi connectivity index (χ2v) is 10.9. The molecule has 1 aromatic heterocycles. The van der Waals surface area contributed by atoms with Gasteiger partial charge in [0.1, 0.15) is 0 Å². The summed E-state index contributed by atoms with van der Waals surface area (Å²) in [5.74, 6) is 0.199. The molecule has 0 saturated heterocycles. The van der Waals surface area contributed by atoms with Crippen LogP contribution in [-0.4, -0.2) is 21.7 Å². The molecule has 1 unspecified atom stereocenters. The Morgan fingerprint density at radius 1 is 1.18 bits per heavy atom. The Bertz CT molecular complexity index is 1860. The van der Waals surface area contributed by atoms with Crippen molar-refractivity contribution < 1.29 is 14.8 Å². The van der Waals surface area contributed by atoms with Gasteiger partial charge >= 0.3 is 0 Å². The zero-order chi connectivity index (χ0) is 26.6. The Hall–Kier alpha value is -4.02. The monoisotopic (exact) mass is 589 g/mol. The number of aryl methyl sites for hydroxylation is 1. The molecule has 2 aliphatic rings. The molecule has 10 heteroatoms. The molecule has 1 aliphatic carbocycles. The maximum atomic E-state index is 13.9. The number of non-ortho nitro benzene ring substituents is 1. The lowest BCUT2D eigenvalue weighted by molar-refractivity contribution is -0.384. The van der Waals surface area contributed by atoms with Gasteiger partial charge in [-0.3, -0.25) is 19.5 Å². The van der Waals surface area contributed by atoms with E-state index >= 15 is 0 Å². The minimum atomic E-state index is -0.540. The fourth-order valence-corrected chi connectivity index (χ4v) is 6.58. The lowest BCUT2D eigenvalue weighted by atomic mass is 9.83. The number of halogens is 1. The third-order valence-electron chi connectivity index (χ3n) is 6.85. The van der Waals surface area contributed by atoms with Crippen molar-refractivity contribution in [1.29, 1.82) is 0 Å². The number of fused-ring (bicyclic) bond motifs is 3. The number of thiazole rings is 1. The van der Waals surface area contributed by atoms with E-state index in [1.54, 1.807) is 28.8 Å². The van der Waals surface area contributed by atoms with E-state index in [0.29, 0.717) is 31.4 Å². The Morgan fingerprint density at radius 3 is 2.79 bits per heavy atom. The summed E-state index contributed by atoms with van der Waals surface area (Å²) in [7, 11) is 1.46. The Kier molecular flexibility index (Phi) is 6.00. The van der Waals surface area contributed by atoms with Crippen molar-refractivity contribution in [1.82, 2.24) is 4.57 Å². The van der Waals surface area contributed by atoms with Gasteiger partial charge in [-0.05, 0) is 47.8 Å². The number of hydrogen-bond donors (Lipinski definition) is 1. The van der Waals surface area contributed by atoms with E-state index in [1.165, 1.54) is 36.1 Å². The molecule has 190 valence electrons. The molecule has 0 radical (unpaired) electrons. The normalized spacial score (nSPS) is 16.4. The minimum Gasteiger partial charge on any atom is -0.504 e. The second kappa shape index (κ2) is 9.38. The van der Waals surface area contributed by atoms with Crippen molar-refractivity contribution in [3.05, 3.63) is 123 Å². The first-order valence-corrected chi connectivity index (χ1v) is 13.4. The molecular formula is C28H20BrN3O5S. The van der Waals surface area contributed by atoms with Gasteiger partial charge in [0.25, 0.3) is 11.2 Å². The zero-order valence-electron chi connectivity index (χ0n) is 20.1. The highest BCUT2D eigenvalue weighted by atomic mass is 79.9. The van der Waals surface area contributed by atoms with Gasteiger partial charge in [0.15, 0.2) is 16.3 Å². The van der Waals surface area contributed by atoms with Crippen molar-refractivity contribution >= 4 is 44.7 Å².